The number of nitrogen functional groups attached to an aromatic ring is 1. The number of H-pyrrole nitrogens is 2. The minimum Gasteiger partial charge on any atom is -0.393 e. The number of nitrogens with one attached hydrogen (secondary N) is 2. The van der Waals surface area contributed by atoms with E-state index in [0.717, 1.165) is 0 Å². The Balaban J connectivity index is 3.39. The molecule has 0 atom stereocenters. The van der Waals surface area contributed by atoms with Crippen LogP contribution in [0.5, 0.6) is 0 Å². The highest BCUT2D eigenvalue weighted by Crippen LogP contribution is 1.79. The summed E-state index contributed by atoms with van der Waals surface area (Å²) < 4.78 is 0. The van der Waals surface area contributed by atoms with Crippen molar-refractivity contribution in [2.24, 2.45) is 0 Å². The second-order valence-electron chi connectivity index (χ2n) is 1.20. The van der Waals surface area contributed by atoms with Gasteiger partial charge in [-0.15, -0.1) is 0 Å². The maximum atomic E-state index is 10.2. The van der Waals surface area contributed by atoms with Crippen LogP contribution in [0.2, 0.25) is 0 Å². The van der Waals surface area contributed by atoms with E-state index in [1.54, 1.807) is 0 Å². The lowest BCUT2D eigenvalue weighted by Crippen LogP contribution is -2.03. The van der Waals surface area contributed by atoms with Gasteiger partial charge < -0.3 is 10.8 Å². The molecule has 0 aliphatic rings. The summed E-state index contributed by atoms with van der Waals surface area (Å²) >= 11 is 0. The third-order valence-corrected chi connectivity index (χ3v) is 0.676. The zero-order valence-corrected chi connectivity index (χ0v) is 3.56. The van der Waals surface area contributed by atoms with E-state index in [2.05, 4.69) is 10.2 Å². The van der Waals surface area contributed by atoms with E-state index < -0.39 is 0 Å². The molecule has 0 amide bonds. The fourth-order valence-electron chi connectivity index (χ4n) is 0.317. The topological polar surface area (TPSA) is 74.7 Å². The maximum Gasteiger partial charge on any atom is 0.287 e. The number of hydrogen-bond donors (Lipinski definition) is 3. The molecule has 1 aromatic heterocycles. The summed E-state index contributed by atoms with van der Waals surface area (Å²) in [5, 5.41) is 4.70. The maximum absolute atomic E-state index is 10.2. The molecule has 0 aliphatic carbocycles. The summed E-state index contributed by atoms with van der Waals surface area (Å²) in [5.41, 5.74) is 5.02. The van der Waals surface area contributed by atoms with Crippen LogP contribution in [-0.2, 0) is 0 Å². The Hall–Kier alpha value is -1.19. The first kappa shape index (κ1) is 3.98. The average molecular weight is 99.1 g/mol. The molecule has 38 valence electrons. The molecular weight excluding hydrogens is 94.1 g/mol. The molecule has 0 aliphatic heterocycles. The molecule has 0 radical (unpaired) electrons. The highest BCUT2D eigenvalue weighted by Gasteiger charge is 1.86. The third kappa shape index (κ3) is 0.489. The Morgan fingerprint density at radius 1 is 1.71 bits per heavy atom. The summed E-state index contributed by atoms with van der Waals surface area (Å²) in [6, 6.07) is 0. The van der Waals surface area contributed by atoms with Gasteiger partial charge in [0.25, 0.3) is 5.56 Å². The van der Waals surface area contributed by atoms with Gasteiger partial charge >= 0.3 is 0 Å². The van der Waals surface area contributed by atoms with Crippen LogP contribution in [0.15, 0.2) is 11.0 Å². The van der Waals surface area contributed by atoms with E-state index in [-0.39, 0.29) is 11.2 Å². The second-order valence-corrected chi connectivity index (χ2v) is 1.20. The number of rotatable bonds is 0. The normalized spacial score (nSPS) is 9.14. The Labute approximate surface area is 39.3 Å². The molecule has 0 fully saturated rings. The van der Waals surface area contributed by atoms with Gasteiger partial charge in [-0.25, -0.2) is 0 Å². The minimum absolute atomic E-state index is 0.222. The van der Waals surface area contributed by atoms with E-state index >= 15 is 0 Å². The first-order valence-corrected chi connectivity index (χ1v) is 1.82. The summed E-state index contributed by atoms with van der Waals surface area (Å²) in [6.45, 7) is 0. The molecule has 0 spiro atoms. The molecule has 4 nitrogen and oxygen atoms in total. The van der Waals surface area contributed by atoms with Crippen molar-refractivity contribution in [3.63, 3.8) is 0 Å². The molecule has 0 saturated heterocycles. The number of aromatic nitrogens is 2. The lowest BCUT2D eigenvalue weighted by atomic mass is 10.6. The molecule has 4 heteroatoms. The van der Waals surface area contributed by atoms with Crippen LogP contribution >= 0.6 is 0 Å². The molecule has 0 unspecified atom stereocenters. The lowest BCUT2D eigenvalue weighted by molar-refractivity contribution is 1.06. The van der Waals surface area contributed by atoms with Crippen LogP contribution < -0.4 is 11.3 Å². The molecule has 4 N–H and O–H groups in total. The van der Waals surface area contributed by atoms with Gasteiger partial charge in [0, 0.05) is 6.20 Å². The van der Waals surface area contributed by atoms with Crippen molar-refractivity contribution in [2.75, 3.05) is 5.73 Å². The van der Waals surface area contributed by atoms with E-state index in [1.807, 2.05) is 0 Å². The van der Waals surface area contributed by atoms with Crippen LogP contribution in [0.4, 0.5) is 5.69 Å². The van der Waals surface area contributed by atoms with E-state index in [4.69, 9.17) is 5.73 Å². The molecule has 0 saturated carbocycles. The van der Waals surface area contributed by atoms with Crippen molar-refractivity contribution in [3.8, 4) is 0 Å². The zero-order chi connectivity index (χ0) is 5.28. The smallest absolute Gasteiger partial charge is 0.287 e. The standard InChI is InChI=1S/C3H5N3O/c4-2-1-5-6-3(2)7/h1H,4H2,(H2,5,6,7). The van der Waals surface area contributed by atoms with Gasteiger partial charge in [0.2, 0.25) is 0 Å². The Bertz CT molecular complexity index is 198. The van der Waals surface area contributed by atoms with Crippen LogP contribution in [0.25, 0.3) is 0 Å². The van der Waals surface area contributed by atoms with Gasteiger partial charge in [-0.1, -0.05) is 0 Å². The van der Waals surface area contributed by atoms with Gasteiger partial charge in [-0.2, -0.15) is 0 Å². The van der Waals surface area contributed by atoms with Crippen molar-refractivity contribution >= 4 is 5.69 Å². The van der Waals surface area contributed by atoms with Gasteiger partial charge in [0.05, 0.1) is 0 Å². The summed E-state index contributed by atoms with van der Waals surface area (Å²) in [4.78, 5) is 10.2. The van der Waals surface area contributed by atoms with Crippen LogP contribution in [0, 0.1) is 0 Å². The van der Waals surface area contributed by atoms with Gasteiger partial charge in [0.15, 0.2) is 0 Å². The van der Waals surface area contributed by atoms with Gasteiger partial charge in [-0.05, 0) is 0 Å². The summed E-state index contributed by atoms with van der Waals surface area (Å²) in [5.74, 6) is 0. The molecule has 1 heterocycles. The zero-order valence-electron chi connectivity index (χ0n) is 3.56. The molecule has 0 bridgehead atoms. The Morgan fingerprint density at radius 3 is 2.57 bits per heavy atom. The van der Waals surface area contributed by atoms with Gasteiger partial charge in [-0.3, -0.25) is 9.89 Å². The predicted molar refractivity (Wildman–Crippen MR) is 25.8 cm³/mol. The fraction of sp³-hybridized carbons (Fsp3) is 0. The Kier molecular flexibility index (Phi) is 0.651. The van der Waals surface area contributed by atoms with Crippen LogP contribution in [0.3, 0.4) is 0 Å². The number of nitrogens with two attached hydrogens (primary N) is 1. The molecule has 0 aromatic carbocycles. The summed E-state index contributed by atoms with van der Waals surface area (Å²) in [7, 11) is 0. The monoisotopic (exact) mass is 99.0 g/mol. The van der Waals surface area contributed by atoms with Crippen molar-refractivity contribution in [2.45, 2.75) is 0 Å². The van der Waals surface area contributed by atoms with Crippen molar-refractivity contribution in [1.29, 1.82) is 0 Å². The summed E-state index contributed by atoms with van der Waals surface area (Å²) in [6.07, 6.45) is 1.41. The number of anilines is 1. The van der Waals surface area contributed by atoms with Crippen molar-refractivity contribution in [1.82, 2.24) is 10.2 Å². The quantitative estimate of drug-likeness (QED) is 0.401. The van der Waals surface area contributed by atoms with E-state index in [0.29, 0.717) is 0 Å². The molecule has 7 heavy (non-hydrogen) atoms. The number of hydrogen-bond acceptors (Lipinski definition) is 2. The molecule has 1 rings (SSSR count). The predicted octanol–water partition coefficient (Wildman–Crippen LogP) is -0.715. The fourth-order valence-corrected chi connectivity index (χ4v) is 0.317. The first-order valence-electron chi connectivity index (χ1n) is 1.82. The SMILES string of the molecule is Nc1c[nH][nH]c1=O. The van der Waals surface area contributed by atoms with Crippen LogP contribution in [-0.4, -0.2) is 10.2 Å². The van der Waals surface area contributed by atoms with Crippen molar-refractivity contribution < 1.29 is 0 Å². The highest BCUT2D eigenvalue weighted by atomic mass is 16.1. The number of aromatic amines is 2. The Morgan fingerprint density at radius 2 is 2.43 bits per heavy atom. The van der Waals surface area contributed by atoms with Gasteiger partial charge in [0.1, 0.15) is 5.69 Å². The van der Waals surface area contributed by atoms with Crippen molar-refractivity contribution in [3.05, 3.63) is 16.6 Å². The average Bonchev–Trinajstić information content (AvgIpc) is 1.91. The second kappa shape index (κ2) is 1.14. The van der Waals surface area contributed by atoms with E-state index in [9.17, 15) is 4.79 Å². The minimum atomic E-state index is -0.264. The van der Waals surface area contributed by atoms with E-state index in [1.165, 1.54) is 6.20 Å². The highest BCUT2D eigenvalue weighted by molar-refractivity contribution is 5.29. The third-order valence-electron chi connectivity index (χ3n) is 0.676. The lowest BCUT2D eigenvalue weighted by Gasteiger charge is -1.66. The molecule has 1 aromatic rings. The first-order chi connectivity index (χ1) is 3.30. The molecular formula is C3H5N3O. The largest absolute Gasteiger partial charge is 0.393 e. The van der Waals surface area contributed by atoms with Crippen LogP contribution in [0.1, 0.15) is 0 Å².